The molecule has 0 saturated heterocycles. The van der Waals surface area contributed by atoms with Crippen LogP contribution in [-0.2, 0) is 5.41 Å². The molecule has 3 aromatic rings. The molecule has 1 N–H and O–H groups in total. The van der Waals surface area contributed by atoms with E-state index in [1.165, 1.54) is 45.5 Å². The molecule has 31 heavy (non-hydrogen) atoms. The van der Waals surface area contributed by atoms with Gasteiger partial charge in [-0.15, -0.1) is 0 Å². The Labute approximate surface area is 176 Å². The first-order valence-corrected chi connectivity index (χ1v) is 9.35. The largest absolute Gasteiger partial charge is 0.496 e. The molecule has 1 heterocycles. The number of para-hydroxylation sites is 1. The lowest BCUT2D eigenvalue weighted by Crippen LogP contribution is -2.50. The molecule has 1 atom stereocenters. The van der Waals surface area contributed by atoms with Crippen LogP contribution in [-0.4, -0.2) is 40.2 Å². The first kappa shape index (κ1) is 22.6. The van der Waals surface area contributed by atoms with Gasteiger partial charge in [0.2, 0.25) is 0 Å². The van der Waals surface area contributed by atoms with E-state index >= 15 is 0 Å². The van der Waals surface area contributed by atoms with Gasteiger partial charge in [0.15, 0.2) is 5.60 Å². The first-order chi connectivity index (χ1) is 14.5. The van der Waals surface area contributed by atoms with Gasteiger partial charge in [-0.25, -0.2) is 4.39 Å². The molecule has 0 fully saturated rings. The SMILES string of the molecule is COc1ccc(F)cc1C(C)(C)CC(O)(/C=N/c1cccc2nccnc12)C(F)(F)F. The van der Waals surface area contributed by atoms with Crippen molar-refractivity contribution in [3.8, 4) is 5.75 Å². The van der Waals surface area contributed by atoms with Gasteiger partial charge in [0.05, 0.1) is 18.3 Å². The normalized spacial score (nSPS) is 14.7. The van der Waals surface area contributed by atoms with E-state index in [1.807, 2.05) is 0 Å². The maximum Gasteiger partial charge on any atom is 0.422 e. The van der Waals surface area contributed by atoms with Gasteiger partial charge < -0.3 is 9.84 Å². The summed E-state index contributed by atoms with van der Waals surface area (Å²) < 4.78 is 60.9. The molecule has 0 saturated carbocycles. The fourth-order valence-electron chi connectivity index (χ4n) is 3.46. The molecule has 0 spiro atoms. The molecule has 0 aliphatic carbocycles. The Kier molecular flexibility index (Phi) is 6.00. The summed E-state index contributed by atoms with van der Waals surface area (Å²) in [5, 5.41) is 10.7. The van der Waals surface area contributed by atoms with Crippen LogP contribution < -0.4 is 4.74 Å². The molecule has 164 valence electrons. The van der Waals surface area contributed by atoms with Crippen molar-refractivity contribution >= 4 is 22.9 Å². The standard InChI is InChI=1S/C22H21F4N3O2/c1-20(2,15-11-14(23)7-8-18(15)31-3)12-21(30,22(24,25)26)13-29-17-6-4-5-16-19(17)28-10-9-27-16/h4-11,13,30H,12H2,1-3H3/b29-13+. The molecule has 0 bridgehead atoms. The average molecular weight is 435 g/mol. The highest BCUT2D eigenvalue weighted by molar-refractivity contribution is 5.88. The number of rotatable bonds is 6. The Balaban J connectivity index is 2.03. The third kappa shape index (κ3) is 4.66. The Morgan fingerprint density at radius 3 is 2.48 bits per heavy atom. The minimum Gasteiger partial charge on any atom is -0.496 e. The Morgan fingerprint density at radius 1 is 1.10 bits per heavy atom. The Bertz CT molecular complexity index is 1110. The zero-order valence-electron chi connectivity index (χ0n) is 17.1. The number of methoxy groups -OCH3 is 1. The highest BCUT2D eigenvalue weighted by atomic mass is 19.4. The van der Waals surface area contributed by atoms with Gasteiger partial charge in [-0.2, -0.15) is 13.2 Å². The number of alkyl halides is 3. The zero-order valence-corrected chi connectivity index (χ0v) is 17.1. The second kappa shape index (κ2) is 8.22. The number of ether oxygens (including phenoxy) is 1. The number of halogens is 4. The average Bonchev–Trinajstić information content (AvgIpc) is 2.71. The van der Waals surface area contributed by atoms with Crippen molar-refractivity contribution in [2.75, 3.05) is 7.11 Å². The quantitative estimate of drug-likeness (QED) is 0.430. The molecule has 0 aliphatic rings. The third-order valence-corrected chi connectivity index (χ3v) is 4.99. The number of nitrogens with zero attached hydrogens (tertiary/aromatic N) is 3. The number of benzene rings is 2. The molecule has 1 aromatic heterocycles. The van der Waals surface area contributed by atoms with Crippen molar-refractivity contribution in [3.05, 3.63) is 60.2 Å². The first-order valence-electron chi connectivity index (χ1n) is 9.35. The Hall–Kier alpha value is -3.07. The van der Waals surface area contributed by atoms with Crippen LogP contribution in [0.4, 0.5) is 23.2 Å². The lowest BCUT2D eigenvalue weighted by atomic mass is 9.74. The number of hydrogen-bond acceptors (Lipinski definition) is 5. The molecular weight excluding hydrogens is 414 g/mol. The topological polar surface area (TPSA) is 67.6 Å². The van der Waals surface area contributed by atoms with Crippen LogP contribution in [0.2, 0.25) is 0 Å². The van der Waals surface area contributed by atoms with Crippen LogP contribution in [0.15, 0.2) is 53.8 Å². The lowest BCUT2D eigenvalue weighted by Gasteiger charge is -2.36. The summed E-state index contributed by atoms with van der Waals surface area (Å²) in [6, 6.07) is 8.30. The predicted octanol–water partition coefficient (Wildman–Crippen LogP) is 5.14. The molecule has 3 rings (SSSR count). The van der Waals surface area contributed by atoms with Crippen LogP contribution in [0, 0.1) is 5.82 Å². The highest BCUT2D eigenvalue weighted by Gasteiger charge is 2.55. The second-order valence-corrected chi connectivity index (χ2v) is 7.79. The van der Waals surface area contributed by atoms with Gasteiger partial charge >= 0.3 is 6.18 Å². The van der Waals surface area contributed by atoms with Gasteiger partial charge in [0.1, 0.15) is 17.1 Å². The summed E-state index contributed by atoms with van der Waals surface area (Å²) in [6.07, 6.45) is -2.54. The molecular formula is C22H21F4N3O2. The minimum absolute atomic E-state index is 0.134. The zero-order chi connectivity index (χ0) is 22.9. The van der Waals surface area contributed by atoms with Crippen LogP contribution in [0.3, 0.4) is 0 Å². The van der Waals surface area contributed by atoms with E-state index in [-0.39, 0.29) is 17.0 Å². The molecule has 0 aliphatic heterocycles. The number of fused-ring (bicyclic) bond motifs is 1. The minimum atomic E-state index is -5.04. The number of hydrogen-bond donors (Lipinski definition) is 1. The summed E-state index contributed by atoms with van der Waals surface area (Å²) in [5.74, 6) is -0.403. The number of aliphatic hydroxyl groups is 1. The van der Waals surface area contributed by atoms with E-state index in [1.54, 1.807) is 12.1 Å². The summed E-state index contributed by atoms with van der Waals surface area (Å²) in [7, 11) is 1.34. The fraction of sp³-hybridized carbons (Fsp3) is 0.318. The van der Waals surface area contributed by atoms with Crippen LogP contribution in [0.5, 0.6) is 5.75 Å². The van der Waals surface area contributed by atoms with E-state index in [4.69, 9.17) is 4.74 Å². The van der Waals surface area contributed by atoms with E-state index in [0.29, 0.717) is 17.2 Å². The molecule has 5 nitrogen and oxygen atoms in total. The predicted molar refractivity (Wildman–Crippen MR) is 109 cm³/mol. The summed E-state index contributed by atoms with van der Waals surface area (Å²) >= 11 is 0. The van der Waals surface area contributed by atoms with E-state index in [0.717, 1.165) is 12.1 Å². The van der Waals surface area contributed by atoms with Gasteiger partial charge in [-0.05, 0) is 42.2 Å². The number of aliphatic imine (C=N–C) groups is 1. The maximum absolute atomic E-state index is 14.0. The highest BCUT2D eigenvalue weighted by Crippen LogP contribution is 2.43. The van der Waals surface area contributed by atoms with Crippen LogP contribution in [0.25, 0.3) is 11.0 Å². The lowest BCUT2D eigenvalue weighted by molar-refractivity contribution is -0.234. The van der Waals surface area contributed by atoms with Gasteiger partial charge in [-0.1, -0.05) is 19.9 Å². The van der Waals surface area contributed by atoms with Gasteiger partial charge in [0, 0.05) is 24.2 Å². The summed E-state index contributed by atoms with van der Waals surface area (Å²) in [6.45, 7) is 2.94. The van der Waals surface area contributed by atoms with Crippen molar-refractivity contribution in [2.24, 2.45) is 4.99 Å². The van der Waals surface area contributed by atoms with Crippen molar-refractivity contribution in [3.63, 3.8) is 0 Å². The van der Waals surface area contributed by atoms with Crippen molar-refractivity contribution < 1.29 is 27.4 Å². The smallest absolute Gasteiger partial charge is 0.422 e. The summed E-state index contributed by atoms with van der Waals surface area (Å²) in [5.41, 5.74) is -3.52. The monoisotopic (exact) mass is 435 g/mol. The number of aromatic nitrogens is 2. The van der Waals surface area contributed by atoms with Crippen molar-refractivity contribution in [2.45, 2.75) is 37.5 Å². The molecule has 0 amide bonds. The van der Waals surface area contributed by atoms with E-state index in [9.17, 15) is 22.7 Å². The molecule has 2 aromatic carbocycles. The van der Waals surface area contributed by atoms with E-state index < -0.39 is 29.4 Å². The van der Waals surface area contributed by atoms with E-state index in [2.05, 4.69) is 15.0 Å². The summed E-state index contributed by atoms with van der Waals surface area (Å²) in [4.78, 5) is 12.1. The second-order valence-electron chi connectivity index (χ2n) is 7.79. The van der Waals surface area contributed by atoms with Gasteiger partial charge in [0.25, 0.3) is 0 Å². The Morgan fingerprint density at radius 2 is 1.81 bits per heavy atom. The maximum atomic E-state index is 14.0. The van der Waals surface area contributed by atoms with Crippen molar-refractivity contribution in [1.82, 2.24) is 9.97 Å². The van der Waals surface area contributed by atoms with Crippen LogP contribution >= 0.6 is 0 Å². The molecule has 0 radical (unpaired) electrons. The molecule has 1 unspecified atom stereocenters. The fourth-order valence-corrected chi connectivity index (χ4v) is 3.46. The van der Waals surface area contributed by atoms with Crippen molar-refractivity contribution in [1.29, 1.82) is 0 Å². The molecule has 9 heteroatoms. The van der Waals surface area contributed by atoms with Gasteiger partial charge in [-0.3, -0.25) is 15.0 Å². The van der Waals surface area contributed by atoms with Crippen LogP contribution in [0.1, 0.15) is 25.8 Å². The third-order valence-electron chi connectivity index (χ3n) is 4.99.